The van der Waals surface area contributed by atoms with Crippen molar-refractivity contribution in [3.05, 3.63) is 23.0 Å². The highest BCUT2D eigenvalue weighted by molar-refractivity contribution is 5.87. The molecule has 6 heteroatoms. The van der Waals surface area contributed by atoms with Crippen LogP contribution >= 0.6 is 0 Å². The lowest BCUT2D eigenvalue weighted by atomic mass is 10.2. The molecule has 1 N–H and O–H groups in total. The van der Waals surface area contributed by atoms with Crippen molar-refractivity contribution in [1.82, 2.24) is 4.98 Å². The number of ether oxygens (including phenoxy) is 1. The van der Waals surface area contributed by atoms with Crippen molar-refractivity contribution in [2.75, 3.05) is 7.11 Å². The molecule has 0 aliphatic heterocycles. The summed E-state index contributed by atoms with van der Waals surface area (Å²) in [7, 11) is 1.22. The zero-order valence-corrected chi connectivity index (χ0v) is 8.12. The molecule has 82 valence electrons. The molecule has 0 radical (unpaired) electrons. The van der Waals surface area contributed by atoms with Crippen molar-refractivity contribution >= 4 is 5.97 Å². The Morgan fingerprint density at radius 3 is 2.60 bits per heavy atom. The summed E-state index contributed by atoms with van der Waals surface area (Å²) in [4.78, 5) is 14.0. The Balaban J connectivity index is 3.37. The molecule has 1 aromatic rings. The molecule has 0 saturated heterocycles. The van der Waals surface area contributed by atoms with Crippen LogP contribution in [0.3, 0.4) is 0 Å². The Labute approximate surface area is 84.5 Å². The van der Waals surface area contributed by atoms with Crippen LogP contribution in [0.2, 0.25) is 0 Å². The zero-order chi connectivity index (χ0) is 11.6. The van der Waals surface area contributed by atoms with Crippen LogP contribution in [-0.4, -0.2) is 23.2 Å². The predicted molar refractivity (Wildman–Crippen MR) is 47.4 cm³/mol. The van der Waals surface area contributed by atoms with Crippen molar-refractivity contribution in [3.8, 4) is 5.75 Å². The summed E-state index contributed by atoms with van der Waals surface area (Å²) in [5.41, 5.74) is -0.754. The number of rotatable bonds is 3. The van der Waals surface area contributed by atoms with Gasteiger partial charge in [-0.2, -0.15) is 0 Å². The van der Waals surface area contributed by atoms with Gasteiger partial charge in [-0.3, -0.25) is 0 Å². The highest BCUT2D eigenvalue weighted by Gasteiger charge is 2.20. The van der Waals surface area contributed by atoms with Gasteiger partial charge in [0, 0.05) is 0 Å². The van der Waals surface area contributed by atoms with E-state index in [0.717, 1.165) is 0 Å². The molecule has 0 aromatic carbocycles. The van der Waals surface area contributed by atoms with E-state index in [0.29, 0.717) is 0 Å². The number of hydrogen-bond donors (Lipinski definition) is 1. The number of pyridine rings is 1. The molecule has 0 amide bonds. The van der Waals surface area contributed by atoms with Crippen molar-refractivity contribution in [2.45, 2.75) is 13.3 Å². The molecule has 1 rings (SSSR count). The van der Waals surface area contributed by atoms with Crippen molar-refractivity contribution in [1.29, 1.82) is 0 Å². The van der Waals surface area contributed by atoms with Gasteiger partial charge in [0.25, 0.3) is 6.43 Å². The van der Waals surface area contributed by atoms with E-state index in [9.17, 15) is 13.6 Å². The second kappa shape index (κ2) is 4.20. The van der Waals surface area contributed by atoms with Gasteiger partial charge in [-0.15, -0.1) is 0 Å². The first-order valence-corrected chi connectivity index (χ1v) is 4.04. The van der Waals surface area contributed by atoms with Crippen LogP contribution < -0.4 is 4.74 Å². The number of methoxy groups -OCH3 is 1. The first kappa shape index (κ1) is 11.4. The van der Waals surface area contributed by atoms with Crippen LogP contribution in [0.4, 0.5) is 8.78 Å². The van der Waals surface area contributed by atoms with Crippen LogP contribution in [0.25, 0.3) is 0 Å². The largest absolute Gasteiger partial charge is 0.495 e. The molecule has 1 heterocycles. The zero-order valence-electron chi connectivity index (χ0n) is 8.12. The number of alkyl halides is 2. The minimum atomic E-state index is -2.86. The fraction of sp³-hybridized carbons (Fsp3) is 0.333. The van der Waals surface area contributed by atoms with Crippen molar-refractivity contribution in [2.24, 2.45) is 0 Å². The van der Waals surface area contributed by atoms with Gasteiger partial charge < -0.3 is 9.84 Å². The highest BCUT2D eigenvalue weighted by atomic mass is 19.3. The molecular formula is C9H9F2NO3. The molecule has 0 aliphatic carbocycles. The van der Waals surface area contributed by atoms with E-state index in [1.807, 2.05) is 0 Å². The number of carboxylic acid groups (broad SMARTS) is 1. The molecule has 4 nitrogen and oxygen atoms in total. The summed E-state index contributed by atoms with van der Waals surface area (Å²) in [5, 5.41) is 8.69. The minimum absolute atomic E-state index is 0.104. The summed E-state index contributed by atoms with van der Waals surface area (Å²) in [6.45, 7) is 1.47. The fourth-order valence-electron chi connectivity index (χ4n) is 1.14. The number of carbonyl (C=O) groups is 1. The summed E-state index contributed by atoms with van der Waals surface area (Å²) >= 11 is 0. The van der Waals surface area contributed by atoms with E-state index in [1.54, 1.807) is 0 Å². The monoisotopic (exact) mass is 217 g/mol. The van der Waals surface area contributed by atoms with Crippen molar-refractivity contribution in [3.63, 3.8) is 0 Å². The lowest BCUT2D eigenvalue weighted by molar-refractivity contribution is 0.0687. The van der Waals surface area contributed by atoms with Gasteiger partial charge in [-0.05, 0) is 18.6 Å². The lowest BCUT2D eigenvalue weighted by Gasteiger charge is -2.09. The van der Waals surface area contributed by atoms with E-state index in [-0.39, 0.29) is 17.0 Å². The van der Waals surface area contributed by atoms with Crippen LogP contribution in [-0.2, 0) is 0 Å². The van der Waals surface area contributed by atoms with Gasteiger partial charge in [-0.1, -0.05) is 0 Å². The van der Waals surface area contributed by atoms with E-state index >= 15 is 0 Å². The second-order valence-corrected chi connectivity index (χ2v) is 2.85. The molecule has 0 bridgehead atoms. The van der Waals surface area contributed by atoms with Gasteiger partial charge in [0.1, 0.15) is 11.4 Å². The molecule has 0 unspecified atom stereocenters. The van der Waals surface area contributed by atoms with E-state index in [1.165, 1.54) is 20.1 Å². The Hall–Kier alpha value is -1.72. The maximum atomic E-state index is 12.5. The number of aromatic nitrogens is 1. The average molecular weight is 217 g/mol. The summed E-state index contributed by atoms with van der Waals surface area (Å²) in [5.74, 6) is -1.44. The van der Waals surface area contributed by atoms with Gasteiger partial charge in [-0.25, -0.2) is 18.6 Å². The van der Waals surface area contributed by atoms with Crippen LogP contribution in [0, 0.1) is 6.92 Å². The normalized spacial score (nSPS) is 10.5. The predicted octanol–water partition coefficient (Wildman–Crippen LogP) is 2.03. The van der Waals surface area contributed by atoms with Crippen molar-refractivity contribution < 1.29 is 23.4 Å². The quantitative estimate of drug-likeness (QED) is 0.841. The number of aromatic carboxylic acids is 1. The number of aryl methyl sites for hydroxylation is 1. The Morgan fingerprint density at radius 2 is 2.20 bits per heavy atom. The Bertz CT molecular complexity index is 393. The lowest BCUT2D eigenvalue weighted by Crippen LogP contribution is -2.08. The van der Waals surface area contributed by atoms with Crippen LogP contribution in [0.1, 0.15) is 28.2 Å². The molecule has 15 heavy (non-hydrogen) atoms. The van der Waals surface area contributed by atoms with E-state index < -0.39 is 18.1 Å². The molecule has 0 spiro atoms. The minimum Gasteiger partial charge on any atom is -0.495 e. The van der Waals surface area contributed by atoms with E-state index in [2.05, 4.69) is 9.72 Å². The second-order valence-electron chi connectivity index (χ2n) is 2.85. The van der Waals surface area contributed by atoms with Gasteiger partial charge in [0.2, 0.25) is 0 Å². The Kier molecular flexibility index (Phi) is 3.18. The maximum absolute atomic E-state index is 12.5. The summed E-state index contributed by atoms with van der Waals surface area (Å²) in [6, 6.07) is 1.23. The standard InChI is InChI=1S/C9H9F2NO3/c1-4-3-5(15-2)7(8(10)11)12-6(4)9(13)14/h3,8H,1-2H3,(H,13,14). The molecular weight excluding hydrogens is 208 g/mol. The van der Waals surface area contributed by atoms with E-state index in [4.69, 9.17) is 5.11 Å². The topological polar surface area (TPSA) is 59.4 Å². The number of halogens is 2. The third kappa shape index (κ3) is 2.20. The SMILES string of the molecule is COc1cc(C)c(C(=O)O)nc1C(F)F. The molecule has 0 atom stereocenters. The number of hydrogen-bond acceptors (Lipinski definition) is 3. The summed E-state index contributed by atoms with van der Waals surface area (Å²) in [6.07, 6.45) is -2.86. The Morgan fingerprint density at radius 1 is 1.60 bits per heavy atom. The average Bonchev–Trinajstić information content (AvgIpc) is 2.16. The molecule has 0 saturated carbocycles. The van der Waals surface area contributed by atoms with Gasteiger partial charge in [0.05, 0.1) is 7.11 Å². The molecule has 0 fully saturated rings. The van der Waals surface area contributed by atoms with Gasteiger partial charge in [0.15, 0.2) is 5.69 Å². The van der Waals surface area contributed by atoms with Crippen LogP contribution in [0.5, 0.6) is 5.75 Å². The van der Waals surface area contributed by atoms with Crippen LogP contribution in [0.15, 0.2) is 6.07 Å². The smallest absolute Gasteiger partial charge is 0.354 e. The fourth-order valence-corrected chi connectivity index (χ4v) is 1.14. The third-order valence-electron chi connectivity index (χ3n) is 1.84. The molecule has 0 aliphatic rings. The third-order valence-corrected chi connectivity index (χ3v) is 1.84. The number of nitrogens with zero attached hydrogens (tertiary/aromatic N) is 1. The maximum Gasteiger partial charge on any atom is 0.354 e. The summed E-state index contributed by atoms with van der Waals surface area (Å²) < 4.78 is 29.6. The van der Waals surface area contributed by atoms with Gasteiger partial charge >= 0.3 is 5.97 Å². The first-order chi connectivity index (χ1) is 6.97. The highest BCUT2D eigenvalue weighted by Crippen LogP contribution is 2.28. The number of carboxylic acids is 1. The molecule has 1 aromatic heterocycles. The first-order valence-electron chi connectivity index (χ1n) is 4.04.